The summed E-state index contributed by atoms with van der Waals surface area (Å²) in [4.78, 5) is 24.5. The molecule has 5 heterocycles. The summed E-state index contributed by atoms with van der Waals surface area (Å²) in [6.45, 7) is 6.18. The molecule has 5 aromatic rings. The van der Waals surface area contributed by atoms with Crippen LogP contribution in [0.15, 0.2) is 47.2 Å². The van der Waals surface area contributed by atoms with Crippen LogP contribution in [0.4, 0.5) is 0 Å². The number of amides is 1. The van der Waals surface area contributed by atoms with E-state index in [2.05, 4.69) is 20.4 Å². The zero-order valence-electron chi connectivity index (χ0n) is 16.8. The zero-order valence-corrected chi connectivity index (χ0v) is 17.6. The molecule has 5 aromatic heterocycles. The second-order valence-electron chi connectivity index (χ2n) is 7.25. The number of thiophene rings is 1. The van der Waals surface area contributed by atoms with Crippen molar-refractivity contribution < 1.29 is 9.32 Å². The van der Waals surface area contributed by atoms with Crippen molar-refractivity contribution in [2.45, 2.75) is 27.3 Å². The van der Waals surface area contributed by atoms with Crippen LogP contribution in [0.2, 0.25) is 0 Å². The van der Waals surface area contributed by atoms with Gasteiger partial charge in [-0.1, -0.05) is 11.2 Å². The van der Waals surface area contributed by atoms with Crippen LogP contribution >= 0.6 is 11.3 Å². The maximum absolute atomic E-state index is 13.1. The van der Waals surface area contributed by atoms with Gasteiger partial charge in [-0.05, 0) is 50.6 Å². The number of aryl methyl sites for hydroxylation is 3. The van der Waals surface area contributed by atoms with Gasteiger partial charge in [-0.25, -0.2) is 9.97 Å². The van der Waals surface area contributed by atoms with Crippen molar-refractivity contribution in [3.63, 3.8) is 0 Å². The number of nitrogens with one attached hydrogen (secondary N) is 1. The number of aromatic nitrogens is 4. The van der Waals surface area contributed by atoms with Gasteiger partial charge in [-0.3, -0.25) is 4.79 Å². The number of hydrogen-bond acceptors (Lipinski definition) is 6. The predicted octanol–water partition coefficient (Wildman–Crippen LogP) is 4.45. The van der Waals surface area contributed by atoms with Gasteiger partial charge in [0, 0.05) is 17.3 Å². The molecule has 0 aromatic carbocycles. The molecule has 0 aliphatic rings. The average Bonchev–Trinajstić information content (AvgIpc) is 3.45. The van der Waals surface area contributed by atoms with Crippen LogP contribution in [0.1, 0.15) is 32.2 Å². The molecule has 5 rings (SSSR count). The van der Waals surface area contributed by atoms with Crippen LogP contribution < -0.4 is 5.32 Å². The van der Waals surface area contributed by atoms with E-state index in [1.807, 2.05) is 61.8 Å². The Balaban J connectivity index is 1.48. The van der Waals surface area contributed by atoms with Gasteiger partial charge in [0.1, 0.15) is 5.65 Å². The Hall–Kier alpha value is -3.52. The molecular weight excluding hydrogens is 398 g/mol. The number of hydrogen-bond donors (Lipinski definition) is 1. The lowest BCUT2D eigenvalue weighted by Crippen LogP contribution is -2.23. The number of pyridine rings is 2. The predicted molar refractivity (Wildman–Crippen MR) is 116 cm³/mol. The fourth-order valence-corrected chi connectivity index (χ4v) is 4.36. The largest absolute Gasteiger partial charge is 0.346 e. The minimum absolute atomic E-state index is 0.211. The fraction of sp³-hybridized carbons (Fsp3) is 0.182. The van der Waals surface area contributed by atoms with Crippen LogP contribution in [0.25, 0.3) is 27.3 Å². The van der Waals surface area contributed by atoms with Crippen LogP contribution in [-0.2, 0) is 6.54 Å². The van der Waals surface area contributed by atoms with E-state index in [1.54, 1.807) is 17.4 Å². The smallest absolute Gasteiger partial charge is 0.259 e. The molecule has 1 amide bonds. The number of carbonyl (C=O) groups excluding carboxylic acids is 1. The van der Waals surface area contributed by atoms with Gasteiger partial charge in [0.05, 0.1) is 39.5 Å². The van der Waals surface area contributed by atoms with Gasteiger partial charge in [0.25, 0.3) is 11.6 Å². The minimum Gasteiger partial charge on any atom is -0.346 e. The van der Waals surface area contributed by atoms with Crippen molar-refractivity contribution in [2.75, 3.05) is 0 Å². The third-order valence-corrected chi connectivity index (χ3v) is 6.04. The molecular formula is C22H19N5O2S. The van der Waals surface area contributed by atoms with Gasteiger partial charge in [0.2, 0.25) is 0 Å². The molecule has 0 unspecified atom stereocenters. The number of fused-ring (bicyclic) bond motifs is 2. The van der Waals surface area contributed by atoms with Gasteiger partial charge < -0.3 is 14.2 Å². The quantitative estimate of drug-likeness (QED) is 0.467. The first kappa shape index (κ1) is 18.5. The zero-order chi connectivity index (χ0) is 20.8. The minimum atomic E-state index is -0.211. The summed E-state index contributed by atoms with van der Waals surface area (Å²) in [7, 11) is 0. The summed E-state index contributed by atoms with van der Waals surface area (Å²) in [6.07, 6.45) is 3.87. The third kappa shape index (κ3) is 3.15. The molecule has 7 nitrogen and oxygen atoms in total. The molecule has 30 heavy (non-hydrogen) atoms. The van der Waals surface area contributed by atoms with E-state index in [9.17, 15) is 4.79 Å². The van der Waals surface area contributed by atoms with E-state index >= 15 is 0 Å². The van der Waals surface area contributed by atoms with Gasteiger partial charge in [-0.2, -0.15) is 0 Å². The van der Waals surface area contributed by atoms with Crippen LogP contribution in [0, 0.1) is 20.8 Å². The van der Waals surface area contributed by atoms with Gasteiger partial charge >= 0.3 is 0 Å². The molecule has 0 saturated carbocycles. The summed E-state index contributed by atoms with van der Waals surface area (Å²) in [5.74, 6) is -0.211. The van der Waals surface area contributed by atoms with E-state index in [4.69, 9.17) is 4.52 Å². The third-order valence-electron chi connectivity index (χ3n) is 5.01. The molecule has 0 fully saturated rings. The topological polar surface area (TPSA) is 85.3 Å². The Morgan fingerprint density at radius 2 is 2.07 bits per heavy atom. The van der Waals surface area contributed by atoms with E-state index in [0.29, 0.717) is 34.6 Å². The van der Waals surface area contributed by atoms with E-state index in [0.717, 1.165) is 21.8 Å². The molecule has 8 heteroatoms. The number of nitrogens with zero attached hydrogens (tertiary/aromatic N) is 4. The molecule has 0 saturated heterocycles. The summed E-state index contributed by atoms with van der Waals surface area (Å²) in [6, 6.07) is 9.82. The number of rotatable bonds is 4. The van der Waals surface area contributed by atoms with Crippen molar-refractivity contribution in [3.8, 4) is 10.6 Å². The summed E-state index contributed by atoms with van der Waals surface area (Å²) in [5.41, 5.74) is 4.97. The van der Waals surface area contributed by atoms with Crippen LogP contribution in [0.5, 0.6) is 0 Å². The van der Waals surface area contributed by atoms with E-state index in [-0.39, 0.29) is 5.91 Å². The molecule has 1 N–H and O–H groups in total. The maximum Gasteiger partial charge on any atom is 0.259 e. The normalized spacial score (nSPS) is 11.4. The Kier molecular flexibility index (Phi) is 4.36. The van der Waals surface area contributed by atoms with Crippen molar-refractivity contribution in [1.82, 2.24) is 24.8 Å². The van der Waals surface area contributed by atoms with Crippen molar-refractivity contribution in [1.29, 1.82) is 0 Å². The molecule has 0 aliphatic heterocycles. The molecule has 0 bridgehead atoms. The van der Waals surface area contributed by atoms with Crippen molar-refractivity contribution in [2.24, 2.45) is 0 Å². The van der Waals surface area contributed by atoms with Crippen molar-refractivity contribution >= 4 is 34.0 Å². The molecule has 0 spiro atoms. The number of imidazole rings is 1. The molecule has 150 valence electrons. The fourth-order valence-electron chi connectivity index (χ4n) is 3.53. The Morgan fingerprint density at radius 1 is 1.20 bits per heavy atom. The highest BCUT2D eigenvalue weighted by Crippen LogP contribution is 2.31. The SMILES string of the molecule is Cc1ccc(-c2cc(C(=O)NCc3cn4cccc(C)c4n3)c3c(C)noc3n2)s1. The highest BCUT2D eigenvalue weighted by molar-refractivity contribution is 7.15. The second-order valence-corrected chi connectivity index (χ2v) is 8.54. The van der Waals surface area contributed by atoms with Crippen LogP contribution in [-0.4, -0.2) is 25.4 Å². The van der Waals surface area contributed by atoms with Crippen molar-refractivity contribution in [3.05, 3.63) is 70.1 Å². The monoisotopic (exact) mass is 417 g/mol. The summed E-state index contributed by atoms with van der Waals surface area (Å²) in [5, 5.41) is 7.62. The highest BCUT2D eigenvalue weighted by atomic mass is 32.1. The average molecular weight is 417 g/mol. The van der Waals surface area contributed by atoms with E-state index < -0.39 is 0 Å². The Labute approximate surface area is 176 Å². The van der Waals surface area contributed by atoms with Crippen LogP contribution in [0.3, 0.4) is 0 Å². The first-order chi connectivity index (χ1) is 14.5. The molecule has 0 atom stereocenters. The Morgan fingerprint density at radius 3 is 2.83 bits per heavy atom. The first-order valence-electron chi connectivity index (χ1n) is 9.55. The molecule has 0 aliphatic carbocycles. The van der Waals surface area contributed by atoms with E-state index in [1.165, 1.54) is 4.88 Å². The number of carbonyl (C=O) groups is 1. The lowest BCUT2D eigenvalue weighted by atomic mass is 10.1. The molecule has 0 radical (unpaired) electrons. The Bertz CT molecular complexity index is 1410. The second kappa shape index (κ2) is 7.07. The van der Waals surface area contributed by atoms with Gasteiger partial charge in [-0.15, -0.1) is 11.3 Å². The lowest BCUT2D eigenvalue weighted by molar-refractivity contribution is 0.0952. The summed E-state index contributed by atoms with van der Waals surface area (Å²) >= 11 is 1.62. The maximum atomic E-state index is 13.1. The standard InChI is InChI=1S/C22H19N5O2S/c1-12-5-4-8-27-11-15(24-20(12)27)10-23-21(28)16-9-17(18-7-6-13(2)30-18)25-22-19(16)14(3)26-29-22/h4-9,11H,10H2,1-3H3,(H,23,28). The van der Waals surface area contributed by atoms with Gasteiger partial charge in [0.15, 0.2) is 0 Å². The lowest BCUT2D eigenvalue weighted by Gasteiger charge is -2.06. The first-order valence-corrected chi connectivity index (χ1v) is 10.4. The summed E-state index contributed by atoms with van der Waals surface area (Å²) < 4.78 is 7.33. The highest BCUT2D eigenvalue weighted by Gasteiger charge is 2.20.